The van der Waals surface area contributed by atoms with Crippen LogP contribution < -0.4 is 10.2 Å². The Morgan fingerprint density at radius 1 is 1.42 bits per heavy atom. The topological polar surface area (TPSA) is 16.5 Å². The van der Waals surface area contributed by atoms with E-state index >= 15 is 0 Å². The van der Waals surface area contributed by atoms with Crippen molar-refractivity contribution in [3.8, 4) is 0 Å². The number of quaternary nitrogens is 1. The van der Waals surface area contributed by atoms with Crippen molar-refractivity contribution >= 4 is 0 Å². The Labute approximate surface area is 76.3 Å². The molecular formula is C10H23N2+. The summed E-state index contributed by atoms with van der Waals surface area (Å²) < 4.78 is 0. The average molecular weight is 171 g/mol. The van der Waals surface area contributed by atoms with Crippen molar-refractivity contribution in [2.24, 2.45) is 0 Å². The van der Waals surface area contributed by atoms with Crippen LogP contribution in [0.1, 0.15) is 39.0 Å². The summed E-state index contributed by atoms with van der Waals surface area (Å²) in [5, 5.41) is 3.59. The molecule has 0 aromatic rings. The molecule has 12 heavy (non-hydrogen) atoms. The van der Waals surface area contributed by atoms with Gasteiger partial charge >= 0.3 is 0 Å². The molecule has 72 valence electrons. The molecule has 2 atom stereocenters. The first kappa shape index (κ1) is 10.0. The lowest BCUT2D eigenvalue weighted by Gasteiger charge is -2.30. The fourth-order valence-electron chi connectivity index (χ4n) is 1.94. The molecule has 1 saturated heterocycles. The van der Waals surface area contributed by atoms with Gasteiger partial charge in [0.25, 0.3) is 0 Å². The molecule has 0 amide bonds. The summed E-state index contributed by atoms with van der Waals surface area (Å²) in [5.74, 6) is 0. The Morgan fingerprint density at radius 3 is 2.92 bits per heavy atom. The van der Waals surface area contributed by atoms with Gasteiger partial charge in [0, 0.05) is 19.4 Å². The first-order valence-corrected chi connectivity index (χ1v) is 5.40. The molecule has 0 bridgehead atoms. The van der Waals surface area contributed by atoms with E-state index in [-0.39, 0.29) is 0 Å². The summed E-state index contributed by atoms with van der Waals surface area (Å²) in [4.78, 5) is 1.68. The minimum atomic E-state index is 0.741. The lowest BCUT2D eigenvalue weighted by molar-refractivity contribution is -0.914. The molecule has 0 aromatic heterocycles. The molecule has 1 fully saturated rings. The highest BCUT2D eigenvalue weighted by Crippen LogP contribution is 2.00. The molecule has 2 unspecified atom stereocenters. The molecule has 0 spiro atoms. The zero-order valence-corrected chi connectivity index (χ0v) is 8.53. The maximum absolute atomic E-state index is 3.59. The lowest BCUT2D eigenvalue weighted by Crippen LogP contribution is -3.16. The third-order valence-corrected chi connectivity index (χ3v) is 2.83. The van der Waals surface area contributed by atoms with Crippen LogP contribution >= 0.6 is 0 Å². The molecule has 0 saturated carbocycles. The van der Waals surface area contributed by atoms with Gasteiger partial charge in [0.15, 0.2) is 0 Å². The third-order valence-electron chi connectivity index (χ3n) is 2.83. The van der Waals surface area contributed by atoms with E-state index in [4.69, 9.17) is 0 Å². The van der Waals surface area contributed by atoms with Crippen LogP contribution in [-0.2, 0) is 0 Å². The van der Waals surface area contributed by atoms with Gasteiger partial charge in [-0.15, -0.1) is 0 Å². The second kappa shape index (κ2) is 5.55. The van der Waals surface area contributed by atoms with Crippen LogP contribution in [0.5, 0.6) is 0 Å². The fourth-order valence-corrected chi connectivity index (χ4v) is 1.94. The van der Waals surface area contributed by atoms with E-state index in [2.05, 4.69) is 19.3 Å². The van der Waals surface area contributed by atoms with Crippen molar-refractivity contribution in [1.29, 1.82) is 0 Å². The van der Waals surface area contributed by atoms with Gasteiger partial charge in [0.05, 0.1) is 13.6 Å². The molecule has 1 heterocycles. The summed E-state index contributed by atoms with van der Waals surface area (Å²) in [7, 11) is 2.31. The van der Waals surface area contributed by atoms with E-state index < -0.39 is 0 Å². The Bertz CT molecular complexity index is 114. The maximum Gasteiger partial charge on any atom is 0.141 e. The number of rotatable bonds is 4. The van der Waals surface area contributed by atoms with Crippen molar-refractivity contribution in [3.05, 3.63) is 0 Å². The van der Waals surface area contributed by atoms with Crippen LogP contribution in [0.15, 0.2) is 0 Å². The smallest absolute Gasteiger partial charge is 0.141 e. The van der Waals surface area contributed by atoms with Gasteiger partial charge < -0.3 is 4.90 Å². The molecular weight excluding hydrogens is 148 g/mol. The molecule has 2 N–H and O–H groups in total. The van der Waals surface area contributed by atoms with Crippen LogP contribution in [-0.4, -0.2) is 26.3 Å². The number of nitrogens with one attached hydrogen (secondary N) is 2. The number of hydrogen-bond donors (Lipinski definition) is 2. The average Bonchev–Trinajstić information content (AvgIpc) is 2.09. The second-order valence-corrected chi connectivity index (χ2v) is 3.95. The quantitative estimate of drug-likeness (QED) is 0.585. The van der Waals surface area contributed by atoms with Crippen LogP contribution in [0.3, 0.4) is 0 Å². The summed E-state index contributed by atoms with van der Waals surface area (Å²) in [6, 6.07) is 0. The molecule has 1 rings (SSSR count). The Kier molecular flexibility index (Phi) is 4.62. The Morgan fingerprint density at radius 2 is 2.25 bits per heavy atom. The zero-order valence-electron chi connectivity index (χ0n) is 8.53. The highest BCUT2D eigenvalue weighted by atomic mass is 15.3. The minimum Gasteiger partial charge on any atom is -0.323 e. The van der Waals surface area contributed by atoms with E-state index in [1.165, 1.54) is 45.2 Å². The van der Waals surface area contributed by atoms with Gasteiger partial charge in [-0.3, -0.25) is 5.32 Å². The molecule has 2 heteroatoms. The predicted molar refractivity (Wildman–Crippen MR) is 52.3 cm³/mol. The second-order valence-electron chi connectivity index (χ2n) is 3.95. The number of hydrogen-bond acceptors (Lipinski definition) is 1. The van der Waals surface area contributed by atoms with Crippen LogP contribution in [0.4, 0.5) is 0 Å². The van der Waals surface area contributed by atoms with E-state index in [1.807, 2.05) is 0 Å². The highest BCUT2D eigenvalue weighted by molar-refractivity contribution is 4.58. The first-order chi connectivity index (χ1) is 5.84. The van der Waals surface area contributed by atoms with Crippen molar-refractivity contribution < 1.29 is 4.90 Å². The normalized spacial score (nSPS) is 30.5. The predicted octanol–water partition coefficient (Wildman–Crippen LogP) is 0.401. The van der Waals surface area contributed by atoms with E-state index in [9.17, 15) is 0 Å². The van der Waals surface area contributed by atoms with E-state index in [0.29, 0.717) is 0 Å². The Balaban J connectivity index is 2.11. The lowest BCUT2D eigenvalue weighted by atomic mass is 10.1. The Hall–Kier alpha value is -0.0800. The van der Waals surface area contributed by atoms with Gasteiger partial charge in [-0.25, -0.2) is 0 Å². The summed E-state index contributed by atoms with van der Waals surface area (Å²) >= 11 is 0. The maximum atomic E-state index is 3.59. The van der Waals surface area contributed by atoms with Crippen molar-refractivity contribution in [3.63, 3.8) is 0 Å². The largest absolute Gasteiger partial charge is 0.323 e. The molecule has 0 radical (unpaired) electrons. The molecule has 2 nitrogen and oxygen atoms in total. The number of unbranched alkanes of at least 4 members (excludes halogenated alkanes) is 2. The van der Waals surface area contributed by atoms with Crippen molar-refractivity contribution in [2.45, 2.75) is 45.2 Å². The van der Waals surface area contributed by atoms with Gasteiger partial charge in [-0.05, 0) is 6.42 Å². The highest BCUT2D eigenvalue weighted by Gasteiger charge is 2.20. The van der Waals surface area contributed by atoms with E-state index in [1.54, 1.807) is 4.90 Å². The summed E-state index contributed by atoms with van der Waals surface area (Å²) in [6.45, 7) is 4.85. The van der Waals surface area contributed by atoms with E-state index in [0.717, 1.165) is 6.17 Å². The van der Waals surface area contributed by atoms with Crippen LogP contribution in [0, 0.1) is 0 Å². The minimum absolute atomic E-state index is 0.741. The summed E-state index contributed by atoms with van der Waals surface area (Å²) in [5.41, 5.74) is 0. The van der Waals surface area contributed by atoms with Crippen molar-refractivity contribution in [1.82, 2.24) is 5.32 Å². The third kappa shape index (κ3) is 3.11. The fraction of sp³-hybridized carbons (Fsp3) is 1.00. The standard InChI is InChI=1S/C10H22N2/c1-3-4-5-7-10-11-8-6-9-12(10)2/h10-11H,3-9H2,1-2H3/p+1. The van der Waals surface area contributed by atoms with Crippen LogP contribution in [0.25, 0.3) is 0 Å². The summed E-state index contributed by atoms with van der Waals surface area (Å²) in [6.07, 6.45) is 7.57. The van der Waals surface area contributed by atoms with Gasteiger partial charge in [0.2, 0.25) is 0 Å². The van der Waals surface area contributed by atoms with Crippen LogP contribution in [0.2, 0.25) is 0 Å². The van der Waals surface area contributed by atoms with Gasteiger partial charge in [-0.1, -0.05) is 19.8 Å². The monoisotopic (exact) mass is 171 g/mol. The first-order valence-electron chi connectivity index (χ1n) is 5.40. The van der Waals surface area contributed by atoms with Crippen molar-refractivity contribution in [2.75, 3.05) is 20.1 Å². The van der Waals surface area contributed by atoms with Gasteiger partial charge in [-0.2, -0.15) is 0 Å². The SMILES string of the molecule is CCCCCC1NCCC[NH+]1C. The molecule has 1 aliphatic heterocycles. The zero-order chi connectivity index (χ0) is 8.81. The van der Waals surface area contributed by atoms with Gasteiger partial charge in [0.1, 0.15) is 6.17 Å². The molecule has 1 aliphatic rings. The molecule has 0 aromatic carbocycles. The molecule has 0 aliphatic carbocycles.